The van der Waals surface area contributed by atoms with E-state index in [0.717, 1.165) is 0 Å². The third-order valence-electron chi connectivity index (χ3n) is 2.73. The van der Waals surface area contributed by atoms with E-state index >= 15 is 0 Å². The van der Waals surface area contributed by atoms with Crippen molar-refractivity contribution >= 4 is 0 Å². The first-order valence-corrected chi connectivity index (χ1v) is 6.46. The van der Waals surface area contributed by atoms with Crippen molar-refractivity contribution in [2.45, 2.75) is 41.5 Å². The van der Waals surface area contributed by atoms with Crippen molar-refractivity contribution in [3.05, 3.63) is 69.8 Å². The molecule has 0 unspecified atom stereocenters. The summed E-state index contributed by atoms with van der Waals surface area (Å²) >= 11 is 0. The van der Waals surface area contributed by atoms with Crippen molar-refractivity contribution in [2.24, 2.45) is 0 Å². The maximum absolute atomic E-state index is 2.19. The van der Waals surface area contributed by atoms with Gasteiger partial charge in [-0.25, -0.2) is 0 Å². The van der Waals surface area contributed by atoms with Gasteiger partial charge in [0.2, 0.25) is 0 Å². The standard InChI is InChI=1S/2C9H12.Y/c2*1-7-4-8(2)6-9(3)5-7;/h2*4-6H,1-3H3;. The van der Waals surface area contributed by atoms with E-state index in [1.165, 1.54) is 33.4 Å². The molecule has 2 rings (SSSR count). The van der Waals surface area contributed by atoms with Gasteiger partial charge < -0.3 is 0 Å². The molecule has 0 spiro atoms. The van der Waals surface area contributed by atoms with Crippen LogP contribution in [-0.4, -0.2) is 0 Å². The Hall–Kier alpha value is -0.456. The van der Waals surface area contributed by atoms with Crippen molar-refractivity contribution in [1.29, 1.82) is 0 Å². The van der Waals surface area contributed by atoms with E-state index in [1.807, 2.05) is 0 Å². The average Bonchev–Trinajstić information content (AvgIpc) is 2.12. The quantitative estimate of drug-likeness (QED) is 0.621. The zero-order valence-corrected chi connectivity index (χ0v) is 15.9. The van der Waals surface area contributed by atoms with Crippen molar-refractivity contribution in [2.75, 3.05) is 0 Å². The minimum absolute atomic E-state index is 0. The number of benzene rings is 2. The summed E-state index contributed by atoms with van der Waals surface area (Å²) in [6.45, 7) is 12.8. The van der Waals surface area contributed by atoms with Gasteiger partial charge in [-0.05, 0) is 41.5 Å². The normalized spacial score (nSPS) is 9.16. The molecule has 19 heavy (non-hydrogen) atoms. The molecule has 0 saturated heterocycles. The number of aryl methyl sites for hydroxylation is 6. The molecule has 0 aliphatic carbocycles. The van der Waals surface area contributed by atoms with Crippen LogP contribution in [0.3, 0.4) is 0 Å². The molecule has 1 heteroatoms. The summed E-state index contributed by atoms with van der Waals surface area (Å²) in [5, 5.41) is 0. The van der Waals surface area contributed by atoms with Crippen LogP contribution in [0.25, 0.3) is 0 Å². The summed E-state index contributed by atoms with van der Waals surface area (Å²) in [7, 11) is 0. The monoisotopic (exact) mass is 329 g/mol. The van der Waals surface area contributed by atoms with Crippen LogP contribution in [0.4, 0.5) is 0 Å². The summed E-state index contributed by atoms with van der Waals surface area (Å²) in [6, 6.07) is 13.1. The number of rotatable bonds is 0. The molecular weight excluding hydrogens is 305 g/mol. The van der Waals surface area contributed by atoms with Crippen LogP contribution in [0.5, 0.6) is 0 Å². The molecule has 0 bridgehead atoms. The molecule has 2 aromatic rings. The van der Waals surface area contributed by atoms with E-state index in [4.69, 9.17) is 0 Å². The summed E-state index contributed by atoms with van der Waals surface area (Å²) in [6.07, 6.45) is 0. The van der Waals surface area contributed by atoms with E-state index in [0.29, 0.717) is 0 Å². The average molecular weight is 329 g/mol. The largest absolute Gasteiger partial charge is 0.0564 e. The summed E-state index contributed by atoms with van der Waals surface area (Å²) in [4.78, 5) is 0. The van der Waals surface area contributed by atoms with Gasteiger partial charge in [-0.15, -0.1) is 0 Å². The maximum atomic E-state index is 2.19. The maximum Gasteiger partial charge on any atom is 0 e. The third-order valence-corrected chi connectivity index (χ3v) is 2.73. The number of hydrogen-bond acceptors (Lipinski definition) is 0. The minimum atomic E-state index is 0. The van der Waals surface area contributed by atoms with Gasteiger partial charge in [-0.1, -0.05) is 69.8 Å². The van der Waals surface area contributed by atoms with Crippen molar-refractivity contribution in [1.82, 2.24) is 0 Å². The van der Waals surface area contributed by atoms with Gasteiger partial charge in [0.15, 0.2) is 0 Å². The van der Waals surface area contributed by atoms with E-state index in [9.17, 15) is 0 Å². The SMILES string of the molecule is Cc1cc(C)cc(C)c1.Cc1cc(C)cc(C)c1.[Y]. The Balaban J connectivity index is 0.000000324. The Kier molecular flexibility index (Phi) is 8.45. The van der Waals surface area contributed by atoms with E-state index in [1.54, 1.807) is 0 Å². The van der Waals surface area contributed by atoms with Crippen LogP contribution < -0.4 is 0 Å². The smallest absolute Gasteiger partial charge is 0 e. The van der Waals surface area contributed by atoms with Gasteiger partial charge in [0.25, 0.3) is 0 Å². The van der Waals surface area contributed by atoms with Gasteiger partial charge in [0.05, 0.1) is 0 Å². The molecule has 0 amide bonds. The Morgan fingerprint density at radius 3 is 0.579 bits per heavy atom. The van der Waals surface area contributed by atoms with Gasteiger partial charge >= 0.3 is 0 Å². The summed E-state index contributed by atoms with van der Waals surface area (Å²) < 4.78 is 0. The molecule has 0 saturated carbocycles. The molecular formula is C18H24Y. The first-order valence-electron chi connectivity index (χ1n) is 6.46. The summed E-state index contributed by atoms with van der Waals surface area (Å²) in [5.74, 6) is 0. The van der Waals surface area contributed by atoms with Crippen molar-refractivity contribution in [3.8, 4) is 0 Å². The molecule has 2 aromatic carbocycles. The fourth-order valence-corrected chi connectivity index (χ4v) is 2.40. The molecule has 1 radical (unpaired) electrons. The fraction of sp³-hybridized carbons (Fsp3) is 0.333. The van der Waals surface area contributed by atoms with Gasteiger partial charge in [-0.2, -0.15) is 0 Å². The predicted molar refractivity (Wildman–Crippen MR) is 81.3 cm³/mol. The molecule has 0 aliphatic rings. The van der Waals surface area contributed by atoms with Crippen LogP contribution in [-0.2, 0) is 32.7 Å². The molecule has 0 aliphatic heterocycles. The van der Waals surface area contributed by atoms with E-state index < -0.39 is 0 Å². The molecule has 0 nitrogen and oxygen atoms in total. The van der Waals surface area contributed by atoms with E-state index in [-0.39, 0.29) is 32.7 Å². The van der Waals surface area contributed by atoms with Crippen LogP contribution in [0.2, 0.25) is 0 Å². The minimum Gasteiger partial charge on any atom is -0.0564 e. The van der Waals surface area contributed by atoms with Crippen LogP contribution in [0.1, 0.15) is 33.4 Å². The van der Waals surface area contributed by atoms with Gasteiger partial charge in [-0.3, -0.25) is 0 Å². The molecule has 0 aromatic heterocycles. The second kappa shape index (κ2) is 8.66. The van der Waals surface area contributed by atoms with Crippen LogP contribution >= 0.6 is 0 Å². The van der Waals surface area contributed by atoms with Gasteiger partial charge in [0.1, 0.15) is 0 Å². The number of hydrogen-bond donors (Lipinski definition) is 0. The predicted octanol–water partition coefficient (Wildman–Crippen LogP) is 5.22. The zero-order valence-electron chi connectivity index (χ0n) is 13.0. The van der Waals surface area contributed by atoms with Crippen molar-refractivity contribution < 1.29 is 32.7 Å². The second-order valence-corrected chi connectivity index (χ2v) is 5.33. The van der Waals surface area contributed by atoms with E-state index in [2.05, 4.69) is 77.9 Å². The summed E-state index contributed by atoms with van der Waals surface area (Å²) in [5.41, 5.74) is 8.13. The van der Waals surface area contributed by atoms with Gasteiger partial charge in [0, 0.05) is 32.7 Å². The zero-order chi connectivity index (χ0) is 13.7. The van der Waals surface area contributed by atoms with Crippen LogP contribution in [0, 0.1) is 41.5 Å². The second-order valence-electron chi connectivity index (χ2n) is 5.33. The Morgan fingerprint density at radius 1 is 0.368 bits per heavy atom. The topological polar surface area (TPSA) is 0 Å². The van der Waals surface area contributed by atoms with Crippen LogP contribution in [0.15, 0.2) is 36.4 Å². The Bertz CT molecular complexity index is 377. The third kappa shape index (κ3) is 7.65. The molecule has 0 atom stereocenters. The Labute approximate surface area is 143 Å². The molecule has 0 heterocycles. The van der Waals surface area contributed by atoms with Crippen molar-refractivity contribution in [3.63, 3.8) is 0 Å². The first-order chi connectivity index (χ1) is 8.36. The molecule has 0 fully saturated rings. The first kappa shape index (κ1) is 18.5. The fourth-order valence-electron chi connectivity index (χ4n) is 2.40. The molecule has 0 N–H and O–H groups in total. The molecule has 99 valence electrons. The Morgan fingerprint density at radius 2 is 0.474 bits per heavy atom.